The van der Waals surface area contributed by atoms with Gasteiger partial charge >= 0.3 is 119 Å². The molecule has 408 valence electrons. The average molecular weight is 1120 g/mol. The van der Waals surface area contributed by atoms with Gasteiger partial charge in [-0.3, -0.25) is 0 Å². The number of allylic oxidation sites excluding steroid dienone is 1. The van der Waals surface area contributed by atoms with E-state index in [2.05, 4.69) is 6.58 Å². The summed E-state index contributed by atoms with van der Waals surface area (Å²) in [6, 6.07) is 0. The maximum atomic E-state index is 14.5. The Morgan fingerprint density at radius 2 is 0.353 bits per heavy atom. The van der Waals surface area contributed by atoms with Gasteiger partial charge in [-0.05, 0) is 12.3 Å². The third-order valence-electron chi connectivity index (χ3n) is 8.74. The molecule has 0 spiro atoms. The first-order valence-electron chi connectivity index (χ1n) is 15.2. The molecule has 0 aliphatic carbocycles. The maximum Gasteiger partial charge on any atom is 0.460 e. The Morgan fingerprint density at radius 1 is 0.221 bits per heavy atom. The van der Waals surface area contributed by atoms with E-state index in [0.717, 1.165) is 0 Å². The van der Waals surface area contributed by atoms with Crippen LogP contribution in [0.15, 0.2) is 12.7 Å². The molecule has 0 unspecified atom stereocenters. The maximum absolute atomic E-state index is 14.5. The third-order valence-corrected chi connectivity index (χ3v) is 8.74. The van der Waals surface area contributed by atoms with Crippen LogP contribution in [0.25, 0.3) is 0 Å². The van der Waals surface area contributed by atoms with E-state index in [1.807, 2.05) is 0 Å². The van der Waals surface area contributed by atoms with Crippen molar-refractivity contribution in [1.82, 2.24) is 0 Å². The summed E-state index contributed by atoms with van der Waals surface area (Å²) in [6.07, 6.45) is -29.1. The minimum Gasteiger partial charge on any atom is -0.200 e. The molecule has 0 nitrogen and oxygen atoms in total. The Balaban J connectivity index is 7.56. The summed E-state index contributed by atoms with van der Waals surface area (Å²) >= 11 is 0. The summed E-state index contributed by atoms with van der Waals surface area (Å²) in [5.41, 5.74) is 0. The van der Waals surface area contributed by atoms with Crippen LogP contribution in [0, 0.1) is 5.92 Å². The molecular weight excluding hydrogens is 1110 g/mol. The minimum atomic E-state index is -9.85. The standard InChI is InChI=1S/C26H10F42/c1-2-3-6(4-7(27,28)9(31,32)11(35,36)13(39,40)15(43,44)17(47,48)19(51,52)21(55,56)23(59,60)25(63,64)65)5-8(29,30)10(33,34)12(37,38)14(41,42)16(45,46)18(49,50)20(53,54)22(57,58)24(61,62)26(66,67)68/h2,6H,1,3-5H2. The fraction of sp³-hybridized carbons (Fsp3) is 0.923. The molecule has 0 heterocycles. The highest BCUT2D eigenvalue weighted by atomic mass is 19.5. The van der Waals surface area contributed by atoms with Gasteiger partial charge in [0.2, 0.25) is 0 Å². The van der Waals surface area contributed by atoms with E-state index >= 15 is 0 Å². The van der Waals surface area contributed by atoms with Gasteiger partial charge < -0.3 is 0 Å². The molecule has 68 heavy (non-hydrogen) atoms. The van der Waals surface area contributed by atoms with E-state index in [1.165, 1.54) is 0 Å². The molecule has 42 heteroatoms. The highest BCUT2D eigenvalue weighted by Crippen LogP contribution is 2.69. The highest BCUT2D eigenvalue weighted by Gasteiger charge is 3.00. The van der Waals surface area contributed by atoms with Gasteiger partial charge in [-0.2, -0.15) is 184 Å². The second-order valence-electron chi connectivity index (χ2n) is 13.4. The first-order valence-corrected chi connectivity index (χ1v) is 15.2. The molecule has 0 aromatic carbocycles. The van der Waals surface area contributed by atoms with Gasteiger partial charge in [-0.25, -0.2) is 0 Å². The van der Waals surface area contributed by atoms with E-state index in [-0.39, 0.29) is 0 Å². The summed E-state index contributed by atoms with van der Waals surface area (Å²) in [7, 11) is 0. The molecular formula is C26H10F42. The quantitative estimate of drug-likeness (QED) is 0.0749. The predicted molar refractivity (Wildman–Crippen MR) is 129 cm³/mol. The zero-order valence-corrected chi connectivity index (χ0v) is 29.9. The second-order valence-corrected chi connectivity index (χ2v) is 13.4. The van der Waals surface area contributed by atoms with E-state index in [1.54, 1.807) is 0 Å². The summed E-state index contributed by atoms with van der Waals surface area (Å²) in [5, 5.41) is 0. The molecule has 0 rings (SSSR count). The molecule has 0 atom stereocenters. The molecule has 0 aromatic rings. The van der Waals surface area contributed by atoms with Crippen molar-refractivity contribution in [3.05, 3.63) is 12.7 Å². The van der Waals surface area contributed by atoms with Crippen LogP contribution in [-0.2, 0) is 0 Å². The van der Waals surface area contributed by atoms with Crippen LogP contribution in [0.1, 0.15) is 19.3 Å². The van der Waals surface area contributed by atoms with Gasteiger partial charge in [0.05, 0.1) is 0 Å². The molecule has 0 fully saturated rings. The number of alkyl halides is 42. The number of hydrogen-bond donors (Lipinski definition) is 0. The van der Waals surface area contributed by atoms with E-state index in [4.69, 9.17) is 0 Å². The van der Waals surface area contributed by atoms with Crippen molar-refractivity contribution in [2.24, 2.45) is 5.92 Å². The molecule has 0 amide bonds. The van der Waals surface area contributed by atoms with Crippen LogP contribution >= 0.6 is 0 Å². The third kappa shape index (κ3) is 8.13. The van der Waals surface area contributed by atoms with Gasteiger partial charge in [-0.1, -0.05) is 6.08 Å². The lowest BCUT2D eigenvalue weighted by atomic mass is 9.81. The number of rotatable bonds is 22. The van der Waals surface area contributed by atoms with E-state index in [9.17, 15) is 184 Å². The lowest BCUT2D eigenvalue weighted by Gasteiger charge is -2.45. The van der Waals surface area contributed by atoms with Crippen molar-refractivity contribution in [3.63, 3.8) is 0 Å². The summed E-state index contributed by atoms with van der Waals surface area (Å²) in [4.78, 5) is 0. The number of hydrogen-bond acceptors (Lipinski definition) is 0. The van der Waals surface area contributed by atoms with Crippen molar-refractivity contribution in [1.29, 1.82) is 0 Å². The first kappa shape index (κ1) is 64.8. The lowest BCUT2D eigenvalue weighted by Crippen LogP contribution is -2.77. The van der Waals surface area contributed by atoms with Gasteiger partial charge in [-0.15, -0.1) is 6.58 Å². The van der Waals surface area contributed by atoms with Crippen LogP contribution in [0.5, 0.6) is 0 Å². The Morgan fingerprint density at radius 3 is 0.485 bits per heavy atom. The molecule has 0 N–H and O–H groups in total. The van der Waals surface area contributed by atoms with Crippen molar-refractivity contribution in [2.75, 3.05) is 0 Å². The zero-order chi connectivity index (χ0) is 56.4. The Hall–Kier alpha value is -3.20. The topological polar surface area (TPSA) is 0 Å². The Bertz CT molecular complexity index is 1660. The highest BCUT2D eigenvalue weighted by molar-refractivity contribution is 5.20. The first-order chi connectivity index (χ1) is 28.6. The van der Waals surface area contributed by atoms with Crippen molar-refractivity contribution in [2.45, 2.75) is 138 Å². The molecule has 0 aromatic heterocycles. The van der Waals surface area contributed by atoms with Gasteiger partial charge in [0.25, 0.3) is 0 Å². The Kier molecular flexibility index (Phi) is 15.6. The van der Waals surface area contributed by atoms with Crippen LogP contribution in [0.2, 0.25) is 0 Å². The van der Waals surface area contributed by atoms with E-state index in [0.29, 0.717) is 0 Å². The molecule has 0 saturated carbocycles. The molecule has 0 radical (unpaired) electrons. The van der Waals surface area contributed by atoms with Gasteiger partial charge in [0, 0.05) is 12.8 Å². The number of halogens is 42. The van der Waals surface area contributed by atoms with Crippen LogP contribution in [0.3, 0.4) is 0 Å². The van der Waals surface area contributed by atoms with Crippen molar-refractivity contribution < 1.29 is 184 Å². The fourth-order valence-electron chi connectivity index (χ4n) is 4.64. The smallest absolute Gasteiger partial charge is 0.200 e. The SMILES string of the molecule is C=CCC(CC(F)(F)C(F)(F)C(F)(F)C(F)(F)C(F)(F)C(F)(F)C(F)(F)C(F)(F)C(F)(F)C(F)(F)F)CC(F)(F)C(F)(F)C(F)(F)C(F)(F)C(F)(F)C(F)(F)C(F)(F)C(F)(F)C(F)(F)C(F)(F)F. The summed E-state index contributed by atoms with van der Waals surface area (Å²) in [5.74, 6) is -173. The molecule has 0 aliphatic rings. The molecule has 0 aliphatic heterocycles. The fourth-order valence-corrected chi connectivity index (χ4v) is 4.64. The Labute approximate surface area is 342 Å². The second kappa shape index (κ2) is 16.4. The average Bonchev–Trinajstić information content (AvgIpc) is 3.08. The lowest BCUT2D eigenvalue weighted by molar-refractivity contribution is -0.475. The van der Waals surface area contributed by atoms with Gasteiger partial charge in [0.15, 0.2) is 0 Å². The van der Waals surface area contributed by atoms with Crippen molar-refractivity contribution in [3.8, 4) is 0 Å². The van der Waals surface area contributed by atoms with Gasteiger partial charge in [0.1, 0.15) is 0 Å². The molecule has 0 saturated heterocycles. The summed E-state index contributed by atoms with van der Waals surface area (Å²) in [6.45, 7) is 2.15. The zero-order valence-electron chi connectivity index (χ0n) is 29.9. The normalized spacial score (nSPS) is 17.0. The minimum absolute atomic E-state index is 0.617. The van der Waals surface area contributed by atoms with Crippen LogP contribution in [0.4, 0.5) is 184 Å². The van der Waals surface area contributed by atoms with Crippen LogP contribution < -0.4 is 0 Å². The van der Waals surface area contributed by atoms with Crippen LogP contribution in [-0.4, -0.2) is 119 Å². The largest absolute Gasteiger partial charge is 0.460 e. The molecule has 0 bridgehead atoms. The van der Waals surface area contributed by atoms with Crippen molar-refractivity contribution >= 4 is 0 Å². The van der Waals surface area contributed by atoms with E-state index < -0.39 is 150 Å². The predicted octanol–water partition coefficient (Wildman–Crippen LogP) is 15.5. The monoisotopic (exact) mass is 1120 g/mol. The summed E-state index contributed by atoms with van der Waals surface area (Å²) < 4.78 is 572.